The zero-order valence-electron chi connectivity index (χ0n) is 20.7. The van der Waals surface area contributed by atoms with Gasteiger partial charge in [-0.3, -0.25) is 9.35 Å². The number of benzene rings is 3. The van der Waals surface area contributed by atoms with Gasteiger partial charge in [0.2, 0.25) is 0 Å². The molecule has 0 spiro atoms. The Morgan fingerprint density at radius 1 is 0.868 bits per heavy atom. The lowest BCUT2D eigenvalue weighted by molar-refractivity contribution is -0.166. The Kier molecular flexibility index (Phi) is 8.74. The molecule has 1 aliphatic rings. The van der Waals surface area contributed by atoms with Gasteiger partial charge in [-0.25, -0.2) is 0 Å². The fourth-order valence-corrected chi connectivity index (χ4v) is 6.88. The van der Waals surface area contributed by atoms with Crippen LogP contribution in [0.2, 0.25) is 0 Å². The lowest BCUT2D eigenvalue weighted by Crippen LogP contribution is -2.43. The largest absolute Gasteiger partial charge is 0.490 e. The van der Waals surface area contributed by atoms with Gasteiger partial charge in [0.15, 0.2) is 20.8 Å². The summed E-state index contributed by atoms with van der Waals surface area (Å²) in [5, 5.41) is -4.57. The molecule has 0 aliphatic heterocycles. The summed E-state index contributed by atoms with van der Waals surface area (Å²) >= 11 is 0. The molecule has 10 heteroatoms. The Labute approximate surface area is 224 Å². The van der Waals surface area contributed by atoms with Crippen LogP contribution in [0.15, 0.2) is 99.6 Å². The molecule has 1 fully saturated rings. The van der Waals surface area contributed by atoms with Gasteiger partial charge in [0.25, 0.3) is 0 Å². The number of esters is 1. The molecule has 0 bridgehead atoms. The van der Waals surface area contributed by atoms with Crippen molar-refractivity contribution in [1.82, 2.24) is 0 Å². The average Bonchev–Trinajstić information content (AvgIpc) is 2.91. The van der Waals surface area contributed by atoms with Crippen molar-refractivity contribution in [1.29, 1.82) is 0 Å². The fourth-order valence-electron chi connectivity index (χ4n) is 4.33. The van der Waals surface area contributed by atoms with E-state index in [0.29, 0.717) is 31.4 Å². The Bertz CT molecular complexity index is 1270. The summed E-state index contributed by atoms with van der Waals surface area (Å²) in [5.74, 6) is -0.848. The molecule has 1 unspecified atom stereocenters. The fraction of sp³-hybridized carbons (Fsp3) is 0.321. The number of hydrogen-bond donors (Lipinski definition) is 1. The van der Waals surface area contributed by atoms with E-state index in [2.05, 4.69) is 41.1 Å². The van der Waals surface area contributed by atoms with Crippen molar-refractivity contribution >= 4 is 27.0 Å². The van der Waals surface area contributed by atoms with E-state index in [1.165, 1.54) is 9.79 Å². The van der Waals surface area contributed by atoms with Crippen LogP contribution in [0.4, 0.5) is 8.78 Å². The van der Waals surface area contributed by atoms with Crippen molar-refractivity contribution in [2.75, 3.05) is 0 Å². The van der Waals surface area contributed by atoms with Gasteiger partial charge in [-0.05, 0) is 81.1 Å². The zero-order chi connectivity index (χ0) is 27.3. The third kappa shape index (κ3) is 6.54. The van der Waals surface area contributed by atoms with Gasteiger partial charge in [-0.15, -0.1) is 0 Å². The molecule has 3 aromatic rings. The molecule has 1 saturated carbocycles. The highest BCUT2D eigenvalue weighted by Crippen LogP contribution is 2.34. The van der Waals surface area contributed by atoms with Crippen LogP contribution >= 0.6 is 0 Å². The molecule has 0 saturated heterocycles. The van der Waals surface area contributed by atoms with E-state index in [-0.39, 0.29) is 17.0 Å². The first-order valence-corrected chi connectivity index (χ1v) is 14.9. The minimum Gasteiger partial charge on any atom is -0.490 e. The SMILES string of the molecule is CC(OC(=O)C1CCC(Oc2ccc([S+](c3ccccc3)c3ccccc3)cc2)CC1)C(F)(F)S(=O)(=O)O. The van der Waals surface area contributed by atoms with E-state index < -0.39 is 33.4 Å². The highest BCUT2D eigenvalue weighted by atomic mass is 32.2. The van der Waals surface area contributed by atoms with Crippen LogP contribution in [-0.2, 0) is 30.5 Å². The molecule has 6 nitrogen and oxygen atoms in total. The van der Waals surface area contributed by atoms with E-state index in [9.17, 15) is 22.0 Å². The maximum Gasteiger partial charge on any atom is 0.405 e. The van der Waals surface area contributed by atoms with Gasteiger partial charge in [0, 0.05) is 0 Å². The maximum atomic E-state index is 13.7. The second-order valence-corrected chi connectivity index (χ2v) is 12.6. The van der Waals surface area contributed by atoms with E-state index in [4.69, 9.17) is 9.29 Å². The first-order valence-electron chi connectivity index (χ1n) is 12.2. The normalized spacial score (nSPS) is 19.1. The molecule has 3 aromatic carbocycles. The Hall–Kier alpha value is -2.95. The standard InChI is InChI=1S/C28H28F2O6S2/c1-20(28(29,30)38(32,33)34)35-27(31)21-12-14-22(15-13-21)36-23-16-18-26(19-17-23)37(24-8-4-2-5-9-24)25-10-6-3-7-11-25/h2-11,16-22H,12-15H2,1H3/p+1. The minimum atomic E-state index is -5.69. The smallest absolute Gasteiger partial charge is 0.405 e. The summed E-state index contributed by atoms with van der Waals surface area (Å²) in [5.41, 5.74) is 0. The number of carbonyl (C=O) groups excluding carboxylic acids is 1. The summed E-state index contributed by atoms with van der Waals surface area (Å²) in [6, 6.07) is 28.6. The van der Waals surface area contributed by atoms with Crippen LogP contribution in [0.25, 0.3) is 0 Å². The Morgan fingerprint density at radius 3 is 1.82 bits per heavy atom. The molecule has 4 rings (SSSR count). The molecule has 1 aliphatic carbocycles. The average molecular weight is 564 g/mol. The van der Waals surface area contributed by atoms with Crippen molar-refractivity contribution < 1.29 is 36.0 Å². The second kappa shape index (κ2) is 11.8. The van der Waals surface area contributed by atoms with Crippen molar-refractivity contribution in [2.45, 2.75) is 64.8 Å². The van der Waals surface area contributed by atoms with Crippen LogP contribution in [0.5, 0.6) is 5.75 Å². The molecule has 1 N–H and O–H groups in total. The number of carbonyl (C=O) groups is 1. The molecule has 38 heavy (non-hydrogen) atoms. The molecule has 0 radical (unpaired) electrons. The molecule has 0 aromatic heterocycles. The monoisotopic (exact) mass is 563 g/mol. The molecule has 202 valence electrons. The van der Waals surface area contributed by atoms with Gasteiger partial charge in [0.1, 0.15) is 5.75 Å². The predicted molar refractivity (Wildman–Crippen MR) is 140 cm³/mol. The van der Waals surface area contributed by atoms with E-state index in [1.54, 1.807) is 0 Å². The van der Waals surface area contributed by atoms with Crippen molar-refractivity contribution in [3.05, 3.63) is 84.9 Å². The first kappa shape index (κ1) is 28.1. The summed E-state index contributed by atoms with van der Waals surface area (Å²) in [4.78, 5) is 15.9. The molecule has 0 heterocycles. The van der Waals surface area contributed by atoms with Crippen molar-refractivity contribution in [2.24, 2.45) is 5.92 Å². The first-order chi connectivity index (χ1) is 18.1. The predicted octanol–water partition coefficient (Wildman–Crippen LogP) is 6.13. The van der Waals surface area contributed by atoms with Crippen LogP contribution in [0, 0.1) is 5.92 Å². The number of rotatable bonds is 9. The van der Waals surface area contributed by atoms with Gasteiger partial charge in [-0.2, -0.15) is 17.2 Å². The summed E-state index contributed by atoms with van der Waals surface area (Å²) in [6.45, 7) is 0.741. The van der Waals surface area contributed by atoms with Crippen LogP contribution < -0.4 is 4.74 Å². The Morgan fingerprint density at radius 2 is 1.34 bits per heavy atom. The zero-order valence-corrected chi connectivity index (χ0v) is 22.3. The quantitative estimate of drug-likeness (QED) is 0.191. The van der Waals surface area contributed by atoms with Gasteiger partial charge >= 0.3 is 21.3 Å². The van der Waals surface area contributed by atoms with Crippen LogP contribution in [0.1, 0.15) is 32.6 Å². The minimum absolute atomic E-state index is 0.150. The highest BCUT2D eigenvalue weighted by Gasteiger charge is 2.52. The van der Waals surface area contributed by atoms with E-state index in [0.717, 1.165) is 11.8 Å². The van der Waals surface area contributed by atoms with E-state index >= 15 is 0 Å². The molecular formula is C28H29F2O6S2+. The van der Waals surface area contributed by atoms with Gasteiger partial charge in [-0.1, -0.05) is 36.4 Å². The third-order valence-electron chi connectivity index (χ3n) is 6.44. The van der Waals surface area contributed by atoms with Gasteiger partial charge in [0.05, 0.1) is 22.9 Å². The lowest BCUT2D eigenvalue weighted by atomic mass is 9.87. The molecular weight excluding hydrogens is 534 g/mol. The molecule has 1 atom stereocenters. The van der Waals surface area contributed by atoms with Gasteiger partial charge < -0.3 is 9.47 Å². The number of alkyl halides is 2. The lowest BCUT2D eigenvalue weighted by Gasteiger charge is -2.29. The summed E-state index contributed by atoms with van der Waals surface area (Å²) in [7, 11) is -5.96. The van der Waals surface area contributed by atoms with Crippen molar-refractivity contribution in [3.8, 4) is 5.75 Å². The maximum absolute atomic E-state index is 13.7. The second-order valence-electron chi connectivity index (χ2n) is 9.11. The summed E-state index contributed by atoms with van der Waals surface area (Å²) in [6.07, 6.45) is -0.697. The molecule has 0 amide bonds. The van der Waals surface area contributed by atoms with Crippen molar-refractivity contribution in [3.63, 3.8) is 0 Å². The van der Waals surface area contributed by atoms with E-state index in [1.807, 2.05) is 48.5 Å². The van der Waals surface area contributed by atoms with Crippen LogP contribution in [0.3, 0.4) is 0 Å². The summed E-state index contributed by atoms with van der Waals surface area (Å²) < 4.78 is 68.6. The number of ether oxygens (including phenoxy) is 2. The third-order valence-corrected chi connectivity index (χ3v) is 9.69. The number of hydrogen-bond acceptors (Lipinski definition) is 5. The van der Waals surface area contributed by atoms with Crippen LogP contribution in [-0.4, -0.2) is 36.4 Å². The number of halogens is 2. The Balaban J connectivity index is 1.35. The topological polar surface area (TPSA) is 89.9 Å². The highest BCUT2D eigenvalue weighted by molar-refractivity contribution is 7.97.